The fourth-order valence-electron chi connectivity index (χ4n) is 6.27. The van der Waals surface area contributed by atoms with Gasteiger partial charge in [-0.25, -0.2) is 43.2 Å². The standard InChI is InChI=1S/C26H28F2N8O8P2S2/c27-17-21-15-7-39-46(38,48)44-22-16(8-40-45(37,47)43-21)42-26(18(22)28)36-12-34-20-14(30-10-32-24(20)36)6-4-2-1-3-5-13-19-23(31-9-29-13)35(11-33-19)25(17)41-15/h1-2,9-12,15-18,21-22,25-26H,3-8H2,(H,37,47)(H,38,48)/b2-1+/t15?,16?,17-,18-,21-,22-,25-,26-,45?,46?/m1/s1. The molecule has 48 heavy (non-hydrogen) atoms. The first-order valence-electron chi connectivity index (χ1n) is 15.0. The van der Waals surface area contributed by atoms with Crippen LogP contribution in [-0.2, 0) is 56.8 Å². The van der Waals surface area contributed by atoms with Crippen LogP contribution in [0.4, 0.5) is 8.78 Å². The second kappa shape index (κ2) is 12.8. The molecular formula is C26H28F2N8O8P2S2. The van der Waals surface area contributed by atoms with Crippen molar-refractivity contribution in [2.24, 2.45) is 0 Å². The summed E-state index contributed by atoms with van der Waals surface area (Å²) in [4.78, 5) is 37.3. The van der Waals surface area contributed by atoms with Crippen molar-refractivity contribution in [1.29, 1.82) is 0 Å². The van der Waals surface area contributed by atoms with Crippen molar-refractivity contribution in [2.45, 2.75) is 74.9 Å². The number of thiol groups is 1. The lowest BCUT2D eigenvalue weighted by Gasteiger charge is -2.29. The molecule has 3 fully saturated rings. The maximum Gasteiger partial charge on any atom is 0.386 e. The van der Waals surface area contributed by atoms with E-state index in [0.29, 0.717) is 59.4 Å². The Kier molecular flexibility index (Phi) is 8.73. The number of aryl methyl sites for hydroxylation is 2. The Balaban J connectivity index is 1.21. The van der Waals surface area contributed by atoms with Gasteiger partial charge < -0.3 is 18.9 Å². The van der Waals surface area contributed by atoms with Crippen LogP contribution in [-0.4, -0.2) is 93.9 Å². The summed E-state index contributed by atoms with van der Waals surface area (Å²) in [5, 5.41) is 0. The van der Waals surface area contributed by atoms with Gasteiger partial charge in [-0.3, -0.25) is 22.7 Å². The largest absolute Gasteiger partial charge is 0.386 e. The molecule has 14 bridgehead atoms. The van der Waals surface area contributed by atoms with Crippen LogP contribution < -0.4 is 0 Å². The molecule has 22 heteroatoms. The van der Waals surface area contributed by atoms with Crippen molar-refractivity contribution in [3.63, 3.8) is 0 Å². The van der Waals surface area contributed by atoms with Gasteiger partial charge in [0.2, 0.25) is 0 Å². The Morgan fingerprint density at radius 2 is 1.29 bits per heavy atom. The first kappa shape index (κ1) is 32.8. The van der Waals surface area contributed by atoms with E-state index in [1.54, 1.807) is 0 Å². The Morgan fingerprint density at radius 3 is 1.83 bits per heavy atom. The first-order valence-corrected chi connectivity index (χ1v) is 20.3. The molecule has 1 N–H and O–H groups in total. The second-order valence-electron chi connectivity index (χ2n) is 11.5. The van der Waals surface area contributed by atoms with E-state index in [-0.39, 0.29) is 0 Å². The quantitative estimate of drug-likeness (QED) is 0.151. The van der Waals surface area contributed by atoms with Gasteiger partial charge in [0.05, 0.1) is 37.3 Å². The molecule has 5 aliphatic heterocycles. The average molecular weight is 745 g/mol. The maximum atomic E-state index is 16.3. The molecule has 4 aromatic heterocycles. The van der Waals surface area contributed by atoms with Gasteiger partial charge in [0.15, 0.2) is 36.1 Å². The lowest BCUT2D eigenvalue weighted by molar-refractivity contribution is -0.0564. The summed E-state index contributed by atoms with van der Waals surface area (Å²) in [7, 11) is 0. The molecule has 0 aromatic carbocycles. The smallest absolute Gasteiger partial charge is 0.346 e. The molecule has 5 aliphatic rings. The Hall–Kier alpha value is -2.35. The third-order valence-corrected chi connectivity index (χ3v) is 11.7. The predicted octanol–water partition coefficient (Wildman–Crippen LogP) is 3.64. The molecule has 256 valence electrons. The number of aromatic nitrogens is 8. The number of hydrogen-bond donors (Lipinski definition) is 2. The van der Waals surface area contributed by atoms with Crippen LogP contribution in [0.1, 0.15) is 36.7 Å². The monoisotopic (exact) mass is 744 g/mol. The van der Waals surface area contributed by atoms with Crippen LogP contribution in [0.5, 0.6) is 0 Å². The summed E-state index contributed by atoms with van der Waals surface area (Å²) in [5.74, 6) is 0. The molecule has 4 unspecified atom stereocenters. The van der Waals surface area contributed by atoms with Gasteiger partial charge in [0.1, 0.15) is 48.1 Å². The van der Waals surface area contributed by atoms with Gasteiger partial charge in [-0.15, -0.1) is 0 Å². The Bertz CT molecular complexity index is 1850. The summed E-state index contributed by atoms with van der Waals surface area (Å²) in [5.41, 5.74) is 2.79. The van der Waals surface area contributed by atoms with Crippen molar-refractivity contribution >= 4 is 59.9 Å². The van der Waals surface area contributed by atoms with Crippen molar-refractivity contribution in [3.8, 4) is 0 Å². The number of imidazole rings is 2. The van der Waals surface area contributed by atoms with Crippen LogP contribution in [0.15, 0.2) is 37.5 Å². The summed E-state index contributed by atoms with van der Waals surface area (Å²) in [6, 6.07) is 0. The van der Waals surface area contributed by atoms with E-state index in [0.717, 1.165) is 0 Å². The van der Waals surface area contributed by atoms with Crippen LogP contribution in [0, 0.1) is 0 Å². The van der Waals surface area contributed by atoms with Crippen molar-refractivity contribution in [3.05, 3.63) is 48.8 Å². The van der Waals surface area contributed by atoms with Crippen LogP contribution in [0.3, 0.4) is 0 Å². The predicted molar refractivity (Wildman–Crippen MR) is 169 cm³/mol. The van der Waals surface area contributed by atoms with Crippen molar-refractivity contribution in [1.82, 2.24) is 39.0 Å². The lowest BCUT2D eigenvalue weighted by Crippen LogP contribution is -2.37. The van der Waals surface area contributed by atoms with Crippen molar-refractivity contribution in [2.75, 3.05) is 13.2 Å². The Labute approximate surface area is 281 Å². The van der Waals surface area contributed by atoms with Gasteiger partial charge in [-0.2, -0.15) is 0 Å². The molecule has 0 saturated carbocycles. The van der Waals surface area contributed by atoms with Crippen LogP contribution in [0.25, 0.3) is 22.3 Å². The zero-order valence-electron chi connectivity index (χ0n) is 24.7. The van der Waals surface area contributed by atoms with Gasteiger partial charge in [-0.1, -0.05) is 24.4 Å². The molecule has 16 nitrogen and oxygen atoms in total. The van der Waals surface area contributed by atoms with Gasteiger partial charge in [0, 0.05) is 0 Å². The maximum absolute atomic E-state index is 16.3. The van der Waals surface area contributed by atoms with E-state index in [2.05, 4.69) is 42.2 Å². The third kappa shape index (κ3) is 6.04. The highest BCUT2D eigenvalue weighted by Crippen LogP contribution is 2.58. The number of nitrogens with zero attached hydrogens (tertiary/aromatic N) is 8. The summed E-state index contributed by atoms with van der Waals surface area (Å²) >= 11 is 9.31. The number of halogens is 2. The number of fused-ring (bicyclic) bond motifs is 10. The fourth-order valence-corrected chi connectivity index (χ4v) is 9.19. The molecule has 9 rings (SSSR count). The summed E-state index contributed by atoms with van der Waals surface area (Å²) in [6.45, 7) is -9.76. The normalized spacial score (nSPS) is 38.3. The highest BCUT2D eigenvalue weighted by molar-refractivity contribution is 8.44. The molecule has 0 radical (unpaired) electrons. The van der Waals surface area contributed by atoms with Crippen LogP contribution in [0.2, 0.25) is 0 Å². The van der Waals surface area contributed by atoms with E-state index in [1.807, 2.05) is 12.2 Å². The average Bonchev–Trinajstić information content (AvgIpc) is 3.81. The first-order chi connectivity index (χ1) is 23.1. The van der Waals surface area contributed by atoms with Gasteiger partial charge >= 0.3 is 13.5 Å². The van der Waals surface area contributed by atoms with E-state index in [1.165, 1.54) is 34.4 Å². The number of ether oxygens (including phenoxy) is 2. The molecule has 3 saturated heterocycles. The molecule has 9 heterocycles. The van der Waals surface area contributed by atoms with Gasteiger partial charge in [-0.05, 0) is 37.5 Å². The Morgan fingerprint density at radius 1 is 0.792 bits per heavy atom. The van der Waals surface area contributed by atoms with E-state index < -0.39 is 75.9 Å². The van der Waals surface area contributed by atoms with E-state index in [4.69, 9.17) is 39.4 Å². The summed E-state index contributed by atoms with van der Waals surface area (Å²) < 4.78 is 83.1. The lowest BCUT2D eigenvalue weighted by atomic mass is 10.1. The van der Waals surface area contributed by atoms with Crippen molar-refractivity contribution < 1.29 is 45.8 Å². The number of alkyl halides is 2. The number of rotatable bonds is 0. The minimum absolute atomic E-state index is 0.297. The minimum atomic E-state index is -4.36. The molecule has 4 aromatic rings. The number of allylic oxidation sites excluding steroid dienone is 2. The molecule has 10 atom stereocenters. The van der Waals surface area contributed by atoms with E-state index >= 15 is 8.78 Å². The second-order valence-corrected chi connectivity index (χ2v) is 17.2. The van der Waals surface area contributed by atoms with Crippen LogP contribution >= 0.6 is 25.8 Å². The van der Waals surface area contributed by atoms with Gasteiger partial charge in [0.25, 0.3) is 0 Å². The molecule has 0 aliphatic carbocycles. The number of hydrogen-bond acceptors (Lipinski definition) is 14. The fraction of sp³-hybridized carbons (Fsp3) is 0.538. The zero-order chi connectivity index (χ0) is 33.2. The highest BCUT2D eigenvalue weighted by atomic mass is 32.7. The highest BCUT2D eigenvalue weighted by Gasteiger charge is 2.54. The SMILES string of the molecule is O=P1(S)OCC2O[C@@H]3[C@H](F)[C@@H]2OP(O)(=S)OCC2O[C@H]([C@H](F)[C@@H]2O1)n1cnc2c(ncnc21)CC/C=C/CCc1ncnc2c1ncn23. The van der Waals surface area contributed by atoms with E-state index in [9.17, 15) is 9.46 Å². The third-order valence-electron chi connectivity index (χ3n) is 8.53. The molecule has 0 spiro atoms. The zero-order valence-corrected chi connectivity index (χ0v) is 28.2. The molecule has 0 amide bonds. The topological polar surface area (TPSA) is 180 Å². The minimum Gasteiger partial charge on any atom is -0.346 e. The summed E-state index contributed by atoms with van der Waals surface area (Å²) in [6.07, 6.45) is -0.587. The molecular weight excluding hydrogens is 716 g/mol.